The summed E-state index contributed by atoms with van der Waals surface area (Å²) in [6, 6.07) is 8.66. The van der Waals surface area contributed by atoms with Gasteiger partial charge in [0, 0.05) is 0 Å². The molecular formula is C13H7BrF2O2. The Balaban J connectivity index is 2.18. The van der Waals surface area contributed by atoms with Crippen molar-refractivity contribution >= 4 is 21.9 Å². The van der Waals surface area contributed by atoms with E-state index in [0.29, 0.717) is 4.47 Å². The van der Waals surface area contributed by atoms with Crippen LogP contribution in [0.2, 0.25) is 0 Å². The molecule has 0 heterocycles. The predicted molar refractivity (Wildman–Crippen MR) is 65.5 cm³/mol. The number of halogens is 3. The molecule has 0 radical (unpaired) electrons. The monoisotopic (exact) mass is 312 g/mol. The van der Waals surface area contributed by atoms with E-state index in [1.165, 1.54) is 30.3 Å². The van der Waals surface area contributed by atoms with Crippen molar-refractivity contribution in [2.45, 2.75) is 0 Å². The van der Waals surface area contributed by atoms with E-state index in [1.54, 1.807) is 0 Å². The molecule has 0 saturated carbocycles. The van der Waals surface area contributed by atoms with Gasteiger partial charge in [-0.1, -0.05) is 0 Å². The van der Waals surface area contributed by atoms with Crippen LogP contribution in [0.4, 0.5) is 8.78 Å². The van der Waals surface area contributed by atoms with Gasteiger partial charge in [-0.25, -0.2) is 13.6 Å². The maximum absolute atomic E-state index is 12.8. The molecule has 0 N–H and O–H groups in total. The second-order valence-corrected chi connectivity index (χ2v) is 4.33. The van der Waals surface area contributed by atoms with Gasteiger partial charge in [-0.15, -0.1) is 0 Å². The van der Waals surface area contributed by atoms with Crippen molar-refractivity contribution in [3.05, 3.63) is 64.1 Å². The standard InChI is InChI=1S/C13H7BrF2O2/c14-11-7-10(16)5-6-12(11)18-13(17)8-1-3-9(15)4-2-8/h1-7H. The largest absolute Gasteiger partial charge is 0.422 e. The van der Waals surface area contributed by atoms with E-state index in [4.69, 9.17) is 4.74 Å². The van der Waals surface area contributed by atoms with Gasteiger partial charge >= 0.3 is 5.97 Å². The maximum Gasteiger partial charge on any atom is 0.343 e. The van der Waals surface area contributed by atoms with Gasteiger partial charge in [0.2, 0.25) is 0 Å². The Labute approximate surface area is 110 Å². The molecule has 0 aliphatic rings. The third kappa shape index (κ3) is 2.92. The molecule has 0 aliphatic heterocycles. The number of hydrogen-bond acceptors (Lipinski definition) is 2. The average Bonchev–Trinajstić information content (AvgIpc) is 2.33. The predicted octanol–water partition coefficient (Wildman–Crippen LogP) is 3.95. The molecule has 2 rings (SSSR count). The van der Waals surface area contributed by atoms with E-state index < -0.39 is 17.6 Å². The molecule has 0 atom stereocenters. The Morgan fingerprint density at radius 2 is 1.61 bits per heavy atom. The zero-order chi connectivity index (χ0) is 13.1. The maximum atomic E-state index is 12.8. The van der Waals surface area contributed by atoms with E-state index in [1.807, 2.05) is 0 Å². The smallest absolute Gasteiger partial charge is 0.343 e. The van der Waals surface area contributed by atoms with Crippen LogP contribution in [-0.4, -0.2) is 5.97 Å². The van der Waals surface area contributed by atoms with Crippen LogP contribution in [-0.2, 0) is 0 Å². The zero-order valence-electron chi connectivity index (χ0n) is 8.99. The van der Waals surface area contributed by atoms with E-state index in [0.717, 1.165) is 12.1 Å². The fourth-order valence-corrected chi connectivity index (χ4v) is 1.73. The SMILES string of the molecule is O=C(Oc1ccc(F)cc1Br)c1ccc(F)cc1. The molecule has 0 aliphatic carbocycles. The van der Waals surface area contributed by atoms with Gasteiger partial charge in [0.05, 0.1) is 10.0 Å². The molecule has 2 aromatic carbocycles. The third-order valence-electron chi connectivity index (χ3n) is 2.18. The molecule has 0 aromatic heterocycles. The van der Waals surface area contributed by atoms with E-state index in [-0.39, 0.29) is 11.3 Å². The fourth-order valence-electron chi connectivity index (χ4n) is 1.30. The van der Waals surface area contributed by atoms with E-state index >= 15 is 0 Å². The summed E-state index contributed by atoms with van der Waals surface area (Å²) in [5.41, 5.74) is 0.215. The lowest BCUT2D eigenvalue weighted by Gasteiger charge is -2.06. The number of hydrogen-bond donors (Lipinski definition) is 0. The topological polar surface area (TPSA) is 26.3 Å². The lowest BCUT2D eigenvalue weighted by atomic mass is 10.2. The van der Waals surface area contributed by atoms with Crippen molar-refractivity contribution in [3.8, 4) is 5.75 Å². The number of ether oxygens (including phenoxy) is 1. The Kier molecular flexibility index (Phi) is 3.72. The lowest BCUT2D eigenvalue weighted by molar-refractivity contribution is 0.0733. The summed E-state index contributed by atoms with van der Waals surface area (Å²) in [5, 5.41) is 0. The number of carbonyl (C=O) groups excluding carboxylic acids is 1. The Morgan fingerprint density at radius 1 is 1.00 bits per heavy atom. The van der Waals surface area contributed by atoms with Gasteiger partial charge in [-0.3, -0.25) is 0 Å². The summed E-state index contributed by atoms with van der Waals surface area (Å²) in [6.45, 7) is 0. The Hall–Kier alpha value is -1.75. The van der Waals surface area contributed by atoms with Crippen LogP contribution in [0.3, 0.4) is 0 Å². The number of esters is 1. The summed E-state index contributed by atoms with van der Waals surface area (Å²) >= 11 is 3.08. The average molecular weight is 313 g/mol. The van der Waals surface area contributed by atoms with Crippen LogP contribution >= 0.6 is 15.9 Å². The molecule has 0 fully saturated rings. The first kappa shape index (κ1) is 12.7. The Morgan fingerprint density at radius 3 is 2.22 bits per heavy atom. The number of benzene rings is 2. The van der Waals surface area contributed by atoms with Crippen LogP contribution in [0.25, 0.3) is 0 Å². The molecule has 0 spiro atoms. The fraction of sp³-hybridized carbons (Fsp3) is 0. The van der Waals surface area contributed by atoms with Crippen molar-refractivity contribution in [3.63, 3.8) is 0 Å². The highest BCUT2D eigenvalue weighted by Crippen LogP contribution is 2.26. The number of carbonyl (C=O) groups is 1. The number of rotatable bonds is 2. The molecule has 5 heteroatoms. The zero-order valence-corrected chi connectivity index (χ0v) is 10.6. The molecule has 0 amide bonds. The normalized spacial score (nSPS) is 10.2. The molecule has 2 aromatic rings. The van der Waals surface area contributed by atoms with Crippen LogP contribution in [0, 0.1) is 11.6 Å². The summed E-state index contributed by atoms with van der Waals surface area (Å²) in [4.78, 5) is 11.7. The minimum atomic E-state index is -0.637. The highest BCUT2D eigenvalue weighted by atomic mass is 79.9. The van der Waals surface area contributed by atoms with Crippen molar-refractivity contribution in [1.29, 1.82) is 0 Å². The van der Waals surface area contributed by atoms with Gasteiger partial charge in [0.1, 0.15) is 17.4 Å². The van der Waals surface area contributed by atoms with Gasteiger partial charge in [0.25, 0.3) is 0 Å². The van der Waals surface area contributed by atoms with Gasteiger partial charge in [-0.05, 0) is 58.4 Å². The lowest BCUT2D eigenvalue weighted by Crippen LogP contribution is -2.08. The molecule has 92 valence electrons. The van der Waals surface area contributed by atoms with Crippen LogP contribution in [0.1, 0.15) is 10.4 Å². The first-order chi connectivity index (χ1) is 8.56. The highest BCUT2D eigenvalue weighted by molar-refractivity contribution is 9.10. The molecule has 0 saturated heterocycles. The quantitative estimate of drug-likeness (QED) is 0.620. The van der Waals surface area contributed by atoms with Crippen molar-refractivity contribution < 1.29 is 18.3 Å². The van der Waals surface area contributed by atoms with Gasteiger partial charge in [-0.2, -0.15) is 0 Å². The summed E-state index contributed by atoms with van der Waals surface area (Å²) < 4.78 is 30.9. The van der Waals surface area contributed by atoms with Gasteiger partial charge in [0.15, 0.2) is 0 Å². The first-order valence-electron chi connectivity index (χ1n) is 4.99. The second-order valence-electron chi connectivity index (χ2n) is 3.47. The Bertz CT molecular complexity index is 582. The summed E-state index contributed by atoms with van der Waals surface area (Å²) in [6.07, 6.45) is 0. The van der Waals surface area contributed by atoms with E-state index in [2.05, 4.69) is 15.9 Å². The molecule has 0 bridgehead atoms. The van der Waals surface area contributed by atoms with Crippen molar-refractivity contribution in [2.24, 2.45) is 0 Å². The van der Waals surface area contributed by atoms with Crippen LogP contribution in [0.15, 0.2) is 46.9 Å². The van der Waals surface area contributed by atoms with Crippen LogP contribution < -0.4 is 4.74 Å². The van der Waals surface area contributed by atoms with Crippen molar-refractivity contribution in [2.75, 3.05) is 0 Å². The molecule has 2 nitrogen and oxygen atoms in total. The minimum Gasteiger partial charge on any atom is -0.422 e. The summed E-state index contributed by atoms with van der Waals surface area (Å²) in [7, 11) is 0. The van der Waals surface area contributed by atoms with E-state index in [9.17, 15) is 13.6 Å². The first-order valence-corrected chi connectivity index (χ1v) is 5.78. The molecular weight excluding hydrogens is 306 g/mol. The molecule has 0 unspecified atom stereocenters. The summed E-state index contributed by atoms with van der Waals surface area (Å²) in [5.74, 6) is -1.31. The third-order valence-corrected chi connectivity index (χ3v) is 2.80. The minimum absolute atomic E-state index is 0.200. The van der Waals surface area contributed by atoms with Gasteiger partial charge < -0.3 is 4.74 Å². The van der Waals surface area contributed by atoms with Crippen molar-refractivity contribution in [1.82, 2.24) is 0 Å². The highest BCUT2D eigenvalue weighted by Gasteiger charge is 2.11. The second kappa shape index (κ2) is 5.27. The molecule has 18 heavy (non-hydrogen) atoms. The van der Waals surface area contributed by atoms with Crippen LogP contribution in [0.5, 0.6) is 5.75 Å².